The van der Waals surface area contributed by atoms with E-state index in [1.54, 1.807) is 0 Å². The standard InChI is InChI=1S/C22H32BNO5/c1-20(2)21(3,4)29-23(28-20)15-22(26)12-17-10-11-18(13-22)24(17)19(25)27-14-16-8-6-5-7-9-16/h5-9,17-18,26H,10-15H2,1-4H3. The number of fused-ring (bicyclic) bond motifs is 2. The fourth-order valence-electron chi connectivity index (χ4n) is 4.94. The van der Waals surface area contributed by atoms with E-state index in [2.05, 4.69) is 0 Å². The second kappa shape index (κ2) is 7.29. The van der Waals surface area contributed by atoms with Gasteiger partial charge in [-0.1, -0.05) is 30.3 Å². The van der Waals surface area contributed by atoms with Crippen LogP contribution in [0.1, 0.15) is 58.9 Å². The van der Waals surface area contributed by atoms with Crippen molar-refractivity contribution in [3.05, 3.63) is 35.9 Å². The molecule has 0 radical (unpaired) electrons. The minimum Gasteiger partial charge on any atom is -0.445 e. The molecule has 0 spiro atoms. The average molecular weight is 401 g/mol. The van der Waals surface area contributed by atoms with Gasteiger partial charge in [0.05, 0.1) is 16.8 Å². The zero-order chi connectivity index (χ0) is 20.9. The first-order valence-corrected chi connectivity index (χ1v) is 10.7. The molecule has 4 rings (SSSR count). The molecule has 7 heteroatoms. The molecule has 3 aliphatic heterocycles. The van der Waals surface area contributed by atoms with Crippen LogP contribution in [0.15, 0.2) is 30.3 Å². The summed E-state index contributed by atoms with van der Waals surface area (Å²) < 4.78 is 17.8. The van der Waals surface area contributed by atoms with Gasteiger partial charge in [-0.05, 0) is 58.9 Å². The summed E-state index contributed by atoms with van der Waals surface area (Å²) in [7, 11) is -0.430. The number of benzene rings is 1. The Kier molecular flexibility index (Phi) is 5.20. The zero-order valence-electron chi connectivity index (χ0n) is 17.9. The van der Waals surface area contributed by atoms with Gasteiger partial charge in [-0.15, -0.1) is 0 Å². The van der Waals surface area contributed by atoms with E-state index in [0.29, 0.717) is 19.2 Å². The summed E-state index contributed by atoms with van der Waals surface area (Å²) in [4.78, 5) is 14.6. The van der Waals surface area contributed by atoms with Crippen LogP contribution in [-0.2, 0) is 20.7 Å². The molecule has 3 aliphatic rings. The summed E-state index contributed by atoms with van der Waals surface area (Å²) in [5.74, 6) is 0. The summed E-state index contributed by atoms with van der Waals surface area (Å²) in [6, 6.07) is 9.71. The lowest BCUT2D eigenvalue weighted by atomic mass is 9.69. The summed E-state index contributed by atoms with van der Waals surface area (Å²) in [6.45, 7) is 8.35. The van der Waals surface area contributed by atoms with E-state index >= 15 is 0 Å². The number of nitrogens with zero attached hydrogens (tertiary/aromatic N) is 1. The molecule has 158 valence electrons. The third-order valence-electron chi connectivity index (χ3n) is 7.12. The number of aliphatic hydroxyl groups is 1. The topological polar surface area (TPSA) is 68.2 Å². The highest BCUT2D eigenvalue weighted by molar-refractivity contribution is 6.45. The lowest BCUT2D eigenvalue weighted by molar-refractivity contribution is -0.0400. The maximum absolute atomic E-state index is 12.7. The smallest absolute Gasteiger partial charge is 0.445 e. The second-order valence-corrected chi connectivity index (χ2v) is 9.86. The molecule has 0 aromatic heterocycles. The van der Waals surface area contributed by atoms with Crippen molar-refractivity contribution in [2.24, 2.45) is 0 Å². The predicted octanol–water partition coefficient (Wildman–Crippen LogP) is 3.77. The number of hydrogen-bond donors (Lipinski definition) is 1. The van der Waals surface area contributed by atoms with Crippen molar-refractivity contribution in [1.82, 2.24) is 4.90 Å². The molecule has 3 fully saturated rings. The monoisotopic (exact) mass is 401 g/mol. The van der Waals surface area contributed by atoms with E-state index in [1.807, 2.05) is 62.9 Å². The fraction of sp³-hybridized carbons (Fsp3) is 0.682. The van der Waals surface area contributed by atoms with Crippen LogP contribution < -0.4 is 0 Å². The Morgan fingerprint density at radius 3 is 2.21 bits per heavy atom. The van der Waals surface area contributed by atoms with Crippen LogP contribution in [-0.4, -0.2) is 52.1 Å². The van der Waals surface area contributed by atoms with Crippen LogP contribution in [0.4, 0.5) is 4.79 Å². The van der Waals surface area contributed by atoms with Crippen molar-refractivity contribution in [3.8, 4) is 0 Å². The van der Waals surface area contributed by atoms with E-state index < -0.39 is 23.9 Å². The molecule has 1 aromatic carbocycles. The quantitative estimate of drug-likeness (QED) is 0.778. The lowest BCUT2D eigenvalue weighted by Gasteiger charge is -2.43. The van der Waals surface area contributed by atoms with Crippen molar-refractivity contribution in [2.45, 2.75) is 95.2 Å². The molecule has 1 amide bonds. The first-order valence-electron chi connectivity index (χ1n) is 10.7. The molecule has 2 unspecified atom stereocenters. The first kappa shape index (κ1) is 20.7. The highest BCUT2D eigenvalue weighted by atomic mass is 16.7. The van der Waals surface area contributed by atoms with Crippen LogP contribution in [0.2, 0.25) is 6.32 Å². The molecule has 0 saturated carbocycles. The number of ether oxygens (including phenoxy) is 1. The van der Waals surface area contributed by atoms with Crippen molar-refractivity contribution in [1.29, 1.82) is 0 Å². The van der Waals surface area contributed by atoms with E-state index in [-0.39, 0.29) is 24.8 Å². The van der Waals surface area contributed by atoms with Crippen molar-refractivity contribution < 1.29 is 23.9 Å². The Bertz CT molecular complexity index is 723. The maximum atomic E-state index is 12.7. The van der Waals surface area contributed by atoms with Gasteiger partial charge in [0, 0.05) is 18.4 Å². The SMILES string of the molecule is CC1(C)OB(CC2(O)CC3CCC(C2)N3C(=O)OCc2ccccc2)OC1(C)C. The molecule has 3 saturated heterocycles. The third kappa shape index (κ3) is 4.05. The fourth-order valence-corrected chi connectivity index (χ4v) is 4.94. The van der Waals surface area contributed by atoms with Crippen LogP contribution in [0.5, 0.6) is 0 Å². The van der Waals surface area contributed by atoms with Gasteiger partial charge in [-0.2, -0.15) is 0 Å². The molecule has 0 aliphatic carbocycles. The number of carbonyl (C=O) groups excluding carboxylic acids is 1. The Morgan fingerprint density at radius 1 is 1.10 bits per heavy atom. The Balaban J connectivity index is 1.36. The lowest BCUT2D eigenvalue weighted by Crippen LogP contribution is -2.54. The number of piperidine rings is 1. The molecule has 1 aromatic rings. The van der Waals surface area contributed by atoms with E-state index in [0.717, 1.165) is 18.4 Å². The van der Waals surface area contributed by atoms with Gasteiger partial charge >= 0.3 is 13.2 Å². The molecular weight excluding hydrogens is 369 g/mol. The van der Waals surface area contributed by atoms with Crippen LogP contribution >= 0.6 is 0 Å². The Labute approximate surface area is 173 Å². The number of rotatable bonds is 4. The molecule has 3 heterocycles. The van der Waals surface area contributed by atoms with Gasteiger partial charge in [-0.25, -0.2) is 4.79 Å². The maximum Gasteiger partial charge on any atom is 0.460 e. The predicted molar refractivity (Wildman–Crippen MR) is 110 cm³/mol. The normalized spacial score (nSPS) is 32.4. The second-order valence-electron chi connectivity index (χ2n) is 9.86. The Morgan fingerprint density at radius 2 is 1.66 bits per heavy atom. The van der Waals surface area contributed by atoms with Crippen molar-refractivity contribution in [3.63, 3.8) is 0 Å². The van der Waals surface area contributed by atoms with Gasteiger partial charge in [0.25, 0.3) is 0 Å². The molecule has 6 nitrogen and oxygen atoms in total. The highest BCUT2D eigenvalue weighted by Gasteiger charge is 2.56. The van der Waals surface area contributed by atoms with Crippen molar-refractivity contribution in [2.75, 3.05) is 0 Å². The van der Waals surface area contributed by atoms with E-state index in [9.17, 15) is 9.90 Å². The largest absolute Gasteiger partial charge is 0.460 e. The van der Waals surface area contributed by atoms with Gasteiger partial charge in [0.2, 0.25) is 0 Å². The van der Waals surface area contributed by atoms with Gasteiger partial charge in [0.15, 0.2) is 0 Å². The van der Waals surface area contributed by atoms with Crippen LogP contribution in [0, 0.1) is 0 Å². The molecule has 1 N–H and O–H groups in total. The van der Waals surface area contributed by atoms with Crippen LogP contribution in [0.25, 0.3) is 0 Å². The molecule has 2 atom stereocenters. The van der Waals surface area contributed by atoms with E-state index in [1.165, 1.54) is 0 Å². The van der Waals surface area contributed by atoms with E-state index in [4.69, 9.17) is 14.0 Å². The van der Waals surface area contributed by atoms with Gasteiger partial charge < -0.3 is 24.1 Å². The molecule has 29 heavy (non-hydrogen) atoms. The first-order chi connectivity index (χ1) is 13.6. The molecular formula is C22H32BNO5. The number of carbonyl (C=O) groups is 1. The minimum absolute atomic E-state index is 0.00412. The van der Waals surface area contributed by atoms with Gasteiger partial charge in [-0.3, -0.25) is 0 Å². The third-order valence-corrected chi connectivity index (χ3v) is 7.12. The van der Waals surface area contributed by atoms with Crippen LogP contribution in [0.3, 0.4) is 0 Å². The number of hydrogen-bond acceptors (Lipinski definition) is 5. The number of amides is 1. The summed E-state index contributed by atoms with van der Waals surface area (Å²) in [6.07, 6.45) is 3.02. The van der Waals surface area contributed by atoms with Crippen molar-refractivity contribution >= 4 is 13.2 Å². The average Bonchev–Trinajstić information content (AvgIpc) is 3.02. The minimum atomic E-state index is -0.886. The summed E-state index contributed by atoms with van der Waals surface area (Å²) in [5.41, 5.74) is -0.727. The molecule has 2 bridgehead atoms. The Hall–Kier alpha value is -1.57. The summed E-state index contributed by atoms with van der Waals surface area (Å²) in [5, 5.41) is 11.3. The van der Waals surface area contributed by atoms with Gasteiger partial charge in [0.1, 0.15) is 6.61 Å². The highest BCUT2D eigenvalue weighted by Crippen LogP contribution is 2.46. The summed E-state index contributed by atoms with van der Waals surface area (Å²) >= 11 is 0. The zero-order valence-corrected chi connectivity index (χ0v) is 17.9.